The Morgan fingerprint density at radius 2 is 1.11 bits per heavy atom. The van der Waals surface area contributed by atoms with E-state index in [2.05, 4.69) is 11.5 Å². The molecule has 0 N–H and O–H groups in total. The average molecular weight is 886 g/mol. The molecule has 0 saturated carbocycles. The Balaban J connectivity index is 0.000000205. The van der Waals surface area contributed by atoms with E-state index in [0.29, 0.717) is 37.9 Å². The smallest absolute Gasteiger partial charge is 0.356 e. The summed E-state index contributed by atoms with van der Waals surface area (Å²) in [6.45, 7) is 5.55. The number of fused-ring (bicyclic) bond motifs is 2. The summed E-state index contributed by atoms with van der Waals surface area (Å²) in [4.78, 5) is 54.7. The molecule has 4 aromatic carbocycles. The number of carbonyl (C=O) groups is 2. The molecule has 318 valence electrons. The summed E-state index contributed by atoms with van der Waals surface area (Å²) in [5.41, 5.74) is 2.11. The van der Waals surface area contributed by atoms with Crippen molar-refractivity contribution >= 4 is 76.5 Å². The molecule has 13 nitrogen and oxygen atoms in total. The maximum absolute atomic E-state index is 13.5. The van der Waals surface area contributed by atoms with Gasteiger partial charge in [0.15, 0.2) is 25.4 Å². The molecule has 7 rings (SSSR count). The van der Waals surface area contributed by atoms with Crippen LogP contribution < -0.4 is 16.0 Å². The zero-order valence-corrected chi connectivity index (χ0v) is 36.4. The number of hydrogen-bond acceptors (Lipinski definition) is 11. The highest BCUT2D eigenvalue weighted by atomic mass is 35.5. The number of hydrogen-bond donors (Lipinski definition) is 0. The lowest BCUT2D eigenvalue weighted by Crippen LogP contribution is -2.36. The van der Waals surface area contributed by atoms with Crippen molar-refractivity contribution in [3.63, 3.8) is 0 Å². The fourth-order valence-electron chi connectivity index (χ4n) is 7.44. The van der Waals surface area contributed by atoms with Crippen molar-refractivity contribution in [2.24, 2.45) is 0 Å². The van der Waals surface area contributed by atoms with Crippen LogP contribution in [0.4, 0.5) is 5.69 Å². The summed E-state index contributed by atoms with van der Waals surface area (Å²) in [6.07, 6.45) is 6.91. The SMILES string of the molecule is C=Cc1c(C(=O)OC)n(Cc2ccc(S(C)(=O)=O)cc2)c(=O)c2ccc(Cl)cc12.COC(=O)c1c(N2CCCCC2)c2ccccc2c(=O)n1Cc1ccc(S(C)(=O)=O)cc1. The van der Waals surface area contributed by atoms with E-state index in [9.17, 15) is 36.0 Å². The molecule has 1 fully saturated rings. The second kappa shape index (κ2) is 18.3. The zero-order valence-electron chi connectivity index (χ0n) is 34.0. The largest absolute Gasteiger partial charge is 0.464 e. The van der Waals surface area contributed by atoms with Crippen LogP contribution in [0, 0.1) is 0 Å². The van der Waals surface area contributed by atoms with Gasteiger partial charge in [0.25, 0.3) is 11.1 Å². The van der Waals surface area contributed by atoms with Crippen molar-refractivity contribution < 1.29 is 35.9 Å². The molecule has 0 bridgehead atoms. The Morgan fingerprint density at radius 3 is 1.59 bits per heavy atom. The van der Waals surface area contributed by atoms with E-state index < -0.39 is 37.2 Å². The third-order valence-electron chi connectivity index (χ3n) is 10.4. The number of anilines is 1. The Hall–Kier alpha value is -6.03. The van der Waals surface area contributed by atoms with Gasteiger partial charge in [-0.1, -0.05) is 66.7 Å². The predicted molar refractivity (Wildman–Crippen MR) is 238 cm³/mol. The quantitative estimate of drug-likeness (QED) is 0.133. The maximum Gasteiger partial charge on any atom is 0.356 e. The van der Waals surface area contributed by atoms with E-state index in [4.69, 9.17) is 21.1 Å². The van der Waals surface area contributed by atoms with Crippen molar-refractivity contribution in [3.8, 4) is 0 Å². The number of halogens is 1. The van der Waals surface area contributed by atoms with Gasteiger partial charge in [-0.3, -0.25) is 18.7 Å². The number of pyridine rings is 2. The van der Waals surface area contributed by atoms with Crippen LogP contribution in [-0.2, 0) is 42.2 Å². The van der Waals surface area contributed by atoms with Crippen LogP contribution in [0.3, 0.4) is 0 Å². The Labute approximate surface area is 358 Å². The monoisotopic (exact) mass is 885 g/mol. The second-order valence-electron chi connectivity index (χ2n) is 14.5. The van der Waals surface area contributed by atoms with Gasteiger partial charge < -0.3 is 14.4 Å². The zero-order chi connectivity index (χ0) is 44.2. The van der Waals surface area contributed by atoms with E-state index >= 15 is 0 Å². The maximum atomic E-state index is 13.5. The van der Waals surface area contributed by atoms with Crippen molar-refractivity contribution in [1.29, 1.82) is 0 Å². The van der Waals surface area contributed by atoms with Gasteiger partial charge in [-0.15, -0.1) is 0 Å². The van der Waals surface area contributed by atoms with Gasteiger partial charge in [0, 0.05) is 52.3 Å². The molecule has 0 aliphatic carbocycles. The topological polar surface area (TPSA) is 168 Å². The number of carbonyl (C=O) groups excluding carboxylic acids is 2. The molecule has 0 amide bonds. The van der Waals surface area contributed by atoms with Crippen LogP contribution in [0.2, 0.25) is 5.02 Å². The third kappa shape index (κ3) is 9.48. The molecule has 0 spiro atoms. The van der Waals surface area contributed by atoms with Crippen LogP contribution in [0.1, 0.15) is 56.9 Å². The Bertz CT molecular complexity index is 3030. The van der Waals surface area contributed by atoms with Crippen LogP contribution in [0.5, 0.6) is 0 Å². The van der Waals surface area contributed by atoms with Crippen LogP contribution >= 0.6 is 11.6 Å². The molecule has 0 radical (unpaired) electrons. The minimum absolute atomic E-state index is 0.0483. The molecule has 61 heavy (non-hydrogen) atoms. The van der Waals surface area contributed by atoms with Crippen molar-refractivity contribution in [2.75, 3.05) is 44.7 Å². The molecule has 1 saturated heterocycles. The molecule has 3 heterocycles. The van der Waals surface area contributed by atoms with E-state index in [1.165, 1.54) is 53.7 Å². The number of piperidine rings is 1. The van der Waals surface area contributed by atoms with Gasteiger partial charge in [0.2, 0.25) is 0 Å². The minimum atomic E-state index is -3.34. The number of methoxy groups -OCH3 is 2. The Morgan fingerprint density at radius 1 is 0.656 bits per heavy atom. The first-order chi connectivity index (χ1) is 29.0. The van der Waals surface area contributed by atoms with Gasteiger partial charge in [-0.2, -0.15) is 0 Å². The van der Waals surface area contributed by atoms with Gasteiger partial charge in [0.05, 0.1) is 42.8 Å². The van der Waals surface area contributed by atoms with Gasteiger partial charge >= 0.3 is 11.9 Å². The standard InChI is InChI=1S/C24H26N2O5S.C21H18ClNO5S/c1-31-24(28)22-21(25-14-6-3-7-15-25)19-8-4-5-9-20(19)23(27)26(22)16-17-10-12-18(13-11-17)32(2,29)30;1-4-16-18-11-14(22)7-10-17(18)20(24)23(19(16)21(25)28-2)12-13-5-8-15(9-6-13)29(3,26)27/h4-5,8-13H,3,6-7,14-16H2,1-2H3;4-11H,1,12H2,2-3H3. The van der Waals surface area contributed by atoms with Gasteiger partial charge in [-0.05, 0) is 84.3 Å². The van der Waals surface area contributed by atoms with E-state index in [1.807, 2.05) is 18.2 Å². The molecular weight excluding hydrogens is 842 g/mol. The van der Waals surface area contributed by atoms with Crippen molar-refractivity contribution in [1.82, 2.24) is 9.13 Å². The number of ether oxygens (including phenoxy) is 2. The first-order valence-electron chi connectivity index (χ1n) is 19.1. The van der Waals surface area contributed by atoms with E-state index in [-0.39, 0.29) is 39.8 Å². The van der Waals surface area contributed by atoms with Crippen molar-refractivity contribution in [2.45, 2.75) is 42.1 Å². The van der Waals surface area contributed by atoms with Crippen molar-refractivity contribution in [3.05, 3.63) is 151 Å². The minimum Gasteiger partial charge on any atom is -0.464 e. The number of benzene rings is 4. The van der Waals surface area contributed by atoms with Gasteiger partial charge in [-0.25, -0.2) is 26.4 Å². The summed E-state index contributed by atoms with van der Waals surface area (Å²) in [6, 6.07) is 24.6. The van der Waals surface area contributed by atoms with Crippen LogP contribution in [-0.4, -0.2) is 77.7 Å². The lowest BCUT2D eigenvalue weighted by atomic mass is 10.0. The average Bonchev–Trinajstić information content (AvgIpc) is 3.25. The normalized spacial score (nSPS) is 13.0. The van der Waals surface area contributed by atoms with Crippen LogP contribution in [0.15, 0.2) is 117 Å². The summed E-state index contributed by atoms with van der Waals surface area (Å²) in [5.74, 6) is -1.26. The lowest BCUT2D eigenvalue weighted by molar-refractivity contribution is 0.0579. The number of rotatable bonds is 10. The summed E-state index contributed by atoms with van der Waals surface area (Å²) in [7, 11) is -4.12. The molecule has 1 aliphatic rings. The highest BCUT2D eigenvalue weighted by Crippen LogP contribution is 2.32. The summed E-state index contributed by atoms with van der Waals surface area (Å²) in [5, 5.41) is 2.58. The first kappa shape index (κ1) is 44.5. The number of sulfone groups is 2. The number of esters is 2. The highest BCUT2D eigenvalue weighted by molar-refractivity contribution is 7.91. The molecular formula is C45H44ClN3O10S2. The highest BCUT2D eigenvalue weighted by Gasteiger charge is 2.28. The van der Waals surface area contributed by atoms with E-state index in [1.54, 1.807) is 48.5 Å². The summed E-state index contributed by atoms with van der Waals surface area (Å²) >= 11 is 6.08. The lowest BCUT2D eigenvalue weighted by Gasteiger charge is -2.32. The number of aromatic nitrogens is 2. The molecule has 16 heteroatoms. The Kier molecular flexibility index (Phi) is 13.4. The fourth-order valence-corrected chi connectivity index (χ4v) is 8.87. The molecule has 6 aromatic rings. The molecule has 0 unspecified atom stereocenters. The third-order valence-corrected chi connectivity index (χ3v) is 12.9. The first-order valence-corrected chi connectivity index (χ1v) is 23.3. The summed E-state index contributed by atoms with van der Waals surface area (Å²) < 4.78 is 59.6. The van der Waals surface area contributed by atoms with Gasteiger partial charge in [0.1, 0.15) is 5.69 Å². The predicted octanol–water partition coefficient (Wildman–Crippen LogP) is 6.77. The molecule has 2 aromatic heterocycles. The fraction of sp³-hybridized carbons (Fsp3) is 0.244. The van der Waals surface area contributed by atoms with Crippen LogP contribution in [0.25, 0.3) is 27.6 Å². The number of nitrogens with zero attached hydrogens (tertiary/aromatic N) is 3. The molecule has 0 atom stereocenters. The second-order valence-corrected chi connectivity index (χ2v) is 19.0. The molecule has 1 aliphatic heterocycles. The van der Waals surface area contributed by atoms with E-state index in [0.717, 1.165) is 55.9 Å².